The van der Waals surface area contributed by atoms with Gasteiger partial charge in [0.1, 0.15) is 24.2 Å². The summed E-state index contributed by atoms with van der Waals surface area (Å²) >= 11 is 0. The first-order valence-electron chi connectivity index (χ1n) is 7.74. The minimum Gasteiger partial charge on any atom is -0.484 e. The maximum atomic E-state index is 12.9. The van der Waals surface area contributed by atoms with E-state index in [1.807, 2.05) is 19.1 Å². The van der Waals surface area contributed by atoms with Gasteiger partial charge in [0.05, 0.1) is 11.7 Å². The van der Waals surface area contributed by atoms with Crippen LogP contribution in [0.3, 0.4) is 0 Å². The number of rotatable bonds is 6. The van der Waals surface area contributed by atoms with Crippen molar-refractivity contribution in [2.75, 3.05) is 6.61 Å². The van der Waals surface area contributed by atoms with Gasteiger partial charge < -0.3 is 10.1 Å². The number of carbonyl (C=O) groups is 1. The van der Waals surface area contributed by atoms with E-state index < -0.39 is 0 Å². The van der Waals surface area contributed by atoms with Gasteiger partial charge in [0.15, 0.2) is 6.61 Å². The van der Waals surface area contributed by atoms with Gasteiger partial charge in [0.25, 0.3) is 5.91 Å². The van der Waals surface area contributed by atoms with E-state index in [1.165, 1.54) is 18.5 Å². The van der Waals surface area contributed by atoms with Crippen LogP contribution >= 0.6 is 0 Å². The number of ether oxygens (including phenoxy) is 1. The molecule has 0 saturated heterocycles. The van der Waals surface area contributed by atoms with Crippen LogP contribution in [-0.2, 0) is 4.79 Å². The number of benzene rings is 2. The first-order chi connectivity index (χ1) is 12.1. The number of aromatic nitrogens is 3. The molecule has 7 heteroatoms. The van der Waals surface area contributed by atoms with Crippen LogP contribution in [0, 0.1) is 5.82 Å². The Bertz CT molecular complexity index is 817. The lowest BCUT2D eigenvalue weighted by Gasteiger charge is -2.15. The monoisotopic (exact) mass is 340 g/mol. The van der Waals surface area contributed by atoms with E-state index in [9.17, 15) is 9.18 Å². The van der Waals surface area contributed by atoms with Crippen LogP contribution in [0.25, 0.3) is 5.69 Å². The Balaban J connectivity index is 1.51. The average molecular weight is 340 g/mol. The SMILES string of the molecule is C[C@H](NC(=O)COc1ccc(-n2cncn2)cc1)c1ccc(F)cc1. The molecular weight excluding hydrogens is 323 g/mol. The van der Waals surface area contributed by atoms with Crippen LogP contribution < -0.4 is 10.1 Å². The lowest BCUT2D eigenvalue weighted by Crippen LogP contribution is -2.31. The molecule has 0 aliphatic carbocycles. The fourth-order valence-electron chi connectivity index (χ4n) is 2.30. The van der Waals surface area contributed by atoms with Gasteiger partial charge in [-0.1, -0.05) is 12.1 Å². The van der Waals surface area contributed by atoms with Crippen LogP contribution in [0.1, 0.15) is 18.5 Å². The molecule has 128 valence electrons. The summed E-state index contributed by atoms with van der Waals surface area (Å²) in [6.45, 7) is 1.73. The molecule has 25 heavy (non-hydrogen) atoms. The molecular formula is C18H17FN4O2. The van der Waals surface area contributed by atoms with Gasteiger partial charge in [-0.25, -0.2) is 14.1 Å². The number of nitrogens with one attached hydrogen (secondary N) is 1. The topological polar surface area (TPSA) is 69.0 Å². The zero-order chi connectivity index (χ0) is 17.6. The number of hydrogen-bond acceptors (Lipinski definition) is 4. The minimum absolute atomic E-state index is 0.103. The highest BCUT2D eigenvalue weighted by molar-refractivity contribution is 5.78. The Morgan fingerprint density at radius 2 is 1.92 bits per heavy atom. The van der Waals surface area contributed by atoms with E-state index in [4.69, 9.17) is 4.74 Å². The summed E-state index contributed by atoms with van der Waals surface area (Å²) in [6, 6.07) is 12.9. The van der Waals surface area contributed by atoms with Crippen molar-refractivity contribution in [2.45, 2.75) is 13.0 Å². The fraction of sp³-hybridized carbons (Fsp3) is 0.167. The van der Waals surface area contributed by atoms with Crippen molar-refractivity contribution in [1.29, 1.82) is 0 Å². The quantitative estimate of drug-likeness (QED) is 0.749. The normalized spacial score (nSPS) is 11.8. The molecule has 3 aromatic rings. The third-order valence-electron chi connectivity index (χ3n) is 3.64. The number of nitrogens with zero attached hydrogens (tertiary/aromatic N) is 3. The van der Waals surface area contributed by atoms with Crippen molar-refractivity contribution in [3.05, 3.63) is 72.6 Å². The van der Waals surface area contributed by atoms with Crippen molar-refractivity contribution in [3.63, 3.8) is 0 Å². The van der Waals surface area contributed by atoms with Crippen molar-refractivity contribution in [3.8, 4) is 11.4 Å². The second kappa shape index (κ2) is 7.57. The van der Waals surface area contributed by atoms with Crippen LogP contribution in [-0.4, -0.2) is 27.3 Å². The number of carbonyl (C=O) groups excluding carboxylic acids is 1. The molecule has 1 heterocycles. The minimum atomic E-state index is -0.306. The second-order valence-corrected chi connectivity index (χ2v) is 5.46. The molecule has 0 aliphatic heterocycles. The smallest absolute Gasteiger partial charge is 0.258 e. The number of hydrogen-bond donors (Lipinski definition) is 1. The molecule has 0 saturated carbocycles. The largest absolute Gasteiger partial charge is 0.484 e. The molecule has 1 N–H and O–H groups in total. The van der Waals surface area contributed by atoms with Crippen molar-refractivity contribution in [2.24, 2.45) is 0 Å². The maximum absolute atomic E-state index is 12.9. The van der Waals surface area contributed by atoms with Crippen LogP contribution in [0.5, 0.6) is 5.75 Å². The lowest BCUT2D eigenvalue weighted by molar-refractivity contribution is -0.123. The molecule has 1 amide bonds. The summed E-state index contributed by atoms with van der Waals surface area (Å²) in [5, 5.41) is 6.85. The highest BCUT2D eigenvalue weighted by Gasteiger charge is 2.10. The molecule has 0 fully saturated rings. The predicted molar refractivity (Wildman–Crippen MR) is 89.8 cm³/mol. The Hall–Kier alpha value is -3.22. The summed E-state index contributed by atoms with van der Waals surface area (Å²) in [4.78, 5) is 15.9. The zero-order valence-corrected chi connectivity index (χ0v) is 13.6. The molecule has 0 unspecified atom stereocenters. The van der Waals surface area contributed by atoms with Crippen LogP contribution in [0.4, 0.5) is 4.39 Å². The summed E-state index contributed by atoms with van der Waals surface area (Å²) in [6.07, 6.45) is 3.05. The average Bonchev–Trinajstić information content (AvgIpc) is 3.15. The number of amides is 1. The molecule has 1 atom stereocenters. The van der Waals surface area contributed by atoms with Crippen molar-refractivity contribution < 1.29 is 13.9 Å². The van der Waals surface area contributed by atoms with Gasteiger partial charge in [-0.15, -0.1) is 0 Å². The van der Waals surface area contributed by atoms with E-state index in [1.54, 1.807) is 35.3 Å². The summed E-state index contributed by atoms with van der Waals surface area (Å²) < 4.78 is 20.0. The van der Waals surface area contributed by atoms with Gasteiger partial charge >= 0.3 is 0 Å². The van der Waals surface area contributed by atoms with Gasteiger partial charge in [-0.05, 0) is 48.9 Å². The Labute approximate surface area is 144 Å². The van der Waals surface area contributed by atoms with E-state index in [-0.39, 0.29) is 24.4 Å². The highest BCUT2D eigenvalue weighted by Crippen LogP contribution is 2.15. The highest BCUT2D eigenvalue weighted by atomic mass is 19.1. The standard InChI is InChI=1S/C18H17FN4O2/c1-13(14-2-4-15(19)5-3-14)22-18(24)10-25-17-8-6-16(7-9-17)23-12-20-11-21-23/h2-9,11-13H,10H2,1H3,(H,22,24)/t13-/m0/s1. The predicted octanol–water partition coefficient (Wildman–Crippen LogP) is 2.66. The summed E-state index contributed by atoms with van der Waals surface area (Å²) in [5.74, 6) is 0.0191. The molecule has 2 aromatic carbocycles. The van der Waals surface area contributed by atoms with Gasteiger partial charge in [-0.3, -0.25) is 4.79 Å². The first-order valence-corrected chi connectivity index (χ1v) is 7.74. The molecule has 0 bridgehead atoms. The summed E-state index contributed by atoms with van der Waals surface area (Å²) in [5.41, 5.74) is 1.67. The lowest BCUT2D eigenvalue weighted by atomic mass is 10.1. The summed E-state index contributed by atoms with van der Waals surface area (Å²) in [7, 11) is 0. The van der Waals surface area contributed by atoms with E-state index in [0.717, 1.165) is 11.3 Å². The van der Waals surface area contributed by atoms with Crippen LogP contribution in [0.2, 0.25) is 0 Å². The molecule has 0 spiro atoms. The maximum Gasteiger partial charge on any atom is 0.258 e. The van der Waals surface area contributed by atoms with Gasteiger partial charge in [-0.2, -0.15) is 5.10 Å². The third-order valence-corrected chi connectivity index (χ3v) is 3.64. The molecule has 0 radical (unpaired) electrons. The van der Waals surface area contributed by atoms with Crippen molar-refractivity contribution >= 4 is 5.91 Å². The Morgan fingerprint density at radius 1 is 1.20 bits per heavy atom. The van der Waals surface area contributed by atoms with Gasteiger partial charge in [0.2, 0.25) is 0 Å². The van der Waals surface area contributed by atoms with Gasteiger partial charge in [0, 0.05) is 0 Å². The van der Waals surface area contributed by atoms with E-state index in [2.05, 4.69) is 15.4 Å². The van der Waals surface area contributed by atoms with E-state index in [0.29, 0.717) is 5.75 Å². The Kier molecular flexibility index (Phi) is 5.03. The molecule has 0 aliphatic rings. The molecule has 1 aromatic heterocycles. The Morgan fingerprint density at radius 3 is 2.56 bits per heavy atom. The third kappa shape index (κ3) is 4.41. The van der Waals surface area contributed by atoms with Crippen molar-refractivity contribution in [1.82, 2.24) is 20.1 Å². The van der Waals surface area contributed by atoms with Crippen LogP contribution in [0.15, 0.2) is 61.2 Å². The fourth-order valence-corrected chi connectivity index (χ4v) is 2.30. The molecule has 6 nitrogen and oxygen atoms in total. The number of halogens is 1. The zero-order valence-electron chi connectivity index (χ0n) is 13.6. The second-order valence-electron chi connectivity index (χ2n) is 5.46. The molecule has 3 rings (SSSR count). The first kappa shape index (κ1) is 16.6. The van der Waals surface area contributed by atoms with E-state index >= 15 is 0 Å².